The summed E-state index contributed by atoms with van der Waals surface area (Å²) in [5.41, 5.74) is 6.33. The van der Waals surface area contributed by atoms with Crippen LogP contribution < -0.4 is 11.4 Å². The molecule has 4 N–H and O–H groups in total. The Morgan fingerprint density at radius 2 is 2.24 bits per heavy atom. The van der Waals surface area contributed by atoms with Crippen LogP contribution in [0.4, 0.5) is 11.5 Å². The highest BCUT2D eigenvalue weighted by atomic mass is 35.5. The minimum atomic E-state index is -0.604. The van der Waals surface area contributed by atoms with Crippen molar-refractivity contribution in [1.82, 2.24) is 9.71 Å². The van der Waals surface area contributed by atoms with Crippen molar-refractivity contribution in [3.63, 3.8) is 0 Å². The number of nitro groups is 1. The Kier molecular flexibility index (Phi) is 3.81. The van der Waals surface area contributed by atoms with E-state index in [9.17, 15) is 15.3 Å². The maximum atomic E-state index is 11.0. The average Bonchev–Trinajstić information content (AvgIpc) is 2.45. The Balaban J connectivity index is 2.78. The van der Waals surface area contributed by atoms with E-state index in [-0.39, 0.29) is 16.5 Å². The van der Waals surface area contributed by atoms with E-state index in [1.165, 1.54) is 12.1 Å². The van der Waals surface area contributed by atoms with Gasteiger partial charge in [-0.1, -0.05) is 24.6 Å². The number of hydrogen-bond donors (Lipinski definition) is 3. The highest BCUT2D eigenvalue weighted by molar-refractivity contribution is 6.32. The van der Waals surface area contributed by atoms with Crippen molar-refractivity contribution < 1.29 is 10.1 Å². The number of rotatable bonds is 3. The van der Waals surface area contributed by atoms with Crippen LogP contribution in [0.15, 0.2) is 18.2 Å². The van der Waals surface area contributed by atoms with Crippen molar-refractivity contribution in [2.45, 2.75) is 13.3 Å². The molecule has 0 aliphatic heterocycles. The van der Waals surface area contributed by atoms with E-state index in [0.717, 1.165) is 0 Å². The highest BCUT2D eigenvalue weighted by Gasteiger charge is 2.19. The number of halogens is 1. The summed E-state index contributed by atoms with van der Waals surface area (Å²) in [7, 11) is 0. The number of aromatic nitrogens is 2. The van der Waals surface area contributed by atoms with Crippen LogP contribution in [-0.4, -0.2) is 19.8 Å². The van der Waals surface area contributed by atoms with Gasteiger partial charge in [0.05, 0.1) is 10.6 Å². The predicted octanol–water partition coefficient (Wildman–Crippen LogP) is 1.97. The fourth-order valence-corrected chi connectivity index (χ4v) is 2.16. The molecule has 9 heteroatoms. The lowest BCUT2D eigenvalue weighted by Crippen LogP contribution is -2.26. The van der Waals surface area contributed by atoms with Gasteiger partial charge in [-0.15, -0.1) is 4.73 Å². The van der Waals surface area contributed by atoms with Gasteiger partial charge in [-0.3, -0.25) is 15.5 Å². The molecule has 0 atom stereocenters. The number of nitrogens with two attached hydrogens (primary N) is 1. The fourth-order valence-electron chi connectivity index (χ4n) is 1.98. The Morgan fingerprint density at radius 3 is 2.81 bits per heavy atom. The highest BCUT2D eigenvalue weighted by Crippen LogP contribution is 2.33. The lowest BCUT2D eigenvalue weighted by molar-refractivity contribution is -0.384. The Labute approximate surface area is 124 Å². The number of nitro benzene ring substituents is 1. The van der Waals surface area contributed by atoms with Crippen LogP contribution in [0.1, 0.15) is 12.6 Å². The molecule has 0 bridgehead atoms. The van der Waals surface area contributed by atoms with E-state index < -0.39 is 10.5 Å². The number of anilines is 1. The first-order valence-corrected chi connectivity index (χ1v) is 6.34. The maximum Gasteiger partial charge on any atom is 0.288 e. The summed E-state index contributed by atoms with van der Waals surface area (Å²) in [6, 6.07) is 4.19. The van der Waals surface area contributed by atoms with Gasteiger partial charge in [-0.25, -0.2) is 4.98 Å². The third kappa shape index (κ3) is 2.52. The summed E-state index contributed by atoms with van der Waals surface area (Å²) in [5, 5.41) is 28.1. The molecule has 0 amide bonds. The van der Waals surface area contributed by atoms with Gasteiger partial charge in [-0.2, -0.15) is 0 Å². The number of benzene rings is 1. The molecule has 1 aromatic heterocycles. The summed E-state index contributed by atoms with van der Waals surface area (Å²) in [6.45, 7) is 1.80. The number of nitrogens with one attached hydrogen (secondary N) is 1. The molecule has 0 aliphatic carbocycles. The van der Waals surface area contributed by atoms with Gasteiger partial charge >= 0.3 is 0 Å². The standard InChI is InChI=1S/C12H12ClN5O3/c1-2-8-10(11(14)17(19)12(15)16-8)6-3-4-7(13)9(5-6)18(20)21/h3-5,15,19H,2,14H2,1H3. The van der Waals surface area contributed by atoms with Gasteiger partial charge in [0.1, 0.15) is 5.02 Å². The van der Waals surface area contributed by atoms with Gasteiger partial charge in [0.2, 0.25) is 0 Å². The first kappa shape index (κ1) is 14.8. The maximum absolute atomic E-state index is 11.0. The Hall–Kier alpha value is -2.61. The van der Waals surface area contributed by atoms with E-state index >= 15 is 0 Å². The lowest BCUT2D eigenvalue weighted by atomic mass is 10.0. The quantitative estimate of drug-likeness (QED) is 0.453. The molecule has 21 heavy (non-hydrogen) atoms. The predicted molar refractivity (Wildman–Crippen MR) is 76.2 cm³/mol. The van der Waals surface area contributed by atoms with Gasteiger partial charge in [0, 0.05) is 11.6 Å². The molecular formula is C12H12ClN5O3. The van der Waals surface area contributed by atoms with Crippen LogP contribution in [-0.2, 0) is 6.42 Å². The van der Waals surface area contributed by atoms with Crippen LogP contribution in [0.25, 0.3) is 11.1 Å². The van der Waals surface area contributed by atoms with Crippen LogP contribution in [0.3, 0.4) is 0 Å². The SMILES string of the molecule is CCc1nc(=N)n(O)c(N)c1-c1ccc(Cl)c([N+](=O)[O-])c1. The summed E-state index contributed by atoms with van der Waals surface area (Å²) < 4.78 is 0.426. The Bertz CT molecular complexity index is 787. The average molecular weight is 310 g/mol. The zero-order chi connectivity index (χ0) is 15.7. The number of nitrogen functional groups attached to an aromatic ring is 1. The molecule has 0 unspecified atom stereocenters. The zero-order valence-electron chi connectivity index (χ0n) is 11.0. The van der Waals surface area contributed by atoms with Crippen LogP contribution in [0.2, 0.25) is 5.02 Å². The van der Waals surface area contributed by atoms with Gasteiger partial charge in [0.25, 0.3) is 11.3 Å². The van der Waals surface area contributed by atoms with Crippen LogP contribution in [0, 0.1) is 15.5 Å². The van der Waals surface area contributed by atoms with Crippen molar-refractivity contribution in [2.24, 2.45) is 0 Å². The molecule has 1 aromatic carbocycles. The molecular weight excluding hydrogens is 298 g/mol. The number of hydrogen-bond acceptors (Lipinski definition) is 6. The van der Waals surface area contributed by atoms with E-state index in [1.54, 1.807) is 13.0 Å². The third-order valence-electron chi connectivity index (χ3n) is 2.98. The molecule has 8 nitrogen and oxygen atoms in total. The van der Waals surface area contributed by atoms with Crippen molar-refractivity contribution in [3.05, 3.63) is 44.6 Å². The summed E-state index contributed by atoms with van der Waals surface area (Å²) in [6.07, 6.45) is 0.447. The van der Waals surface area contributed by atoms with E-state index in [0.29, 0.717) is 28.0 Å². The van der Waals surface area contributed by atoms with Crippen molar-refractivity contribution in [2.75, 3.05) is 5.73 Å². The lowest BCUT2D eigenvalue weighted by Gasteiger charge is -2.13. The monoisotopic (exact) mass is 309 g/mol. The van der Waals surface area contributed by atoms with E-state index in [1.807, 2.05) is 0 Å². The molecule has 110 valence electrons. The topological polar surface area (TPSA) is 131 Å². The minimum absolute atomic E-state index is 0.00214. The van der Waals surface area contributed by atoms with Crippen molar-refractivity contribution >= 4 is 23.1 Å². The van der Waals surface area contributed by atoms with Gasteiger partial charge in [0.15, 0.2) is 5.82 Å². The molecule has 0 saturated carbocycles. The minimum Gasteiger partial charge on any atom is -0.423 e. The summed E-state index contributed by atoms with van der Waals surface area (Å²) in [5.74, 6) is -0.108. The molecule has 2 rings (SSSR count). The van der Waals surface area contributed by atoms with Gasteiger partial charge < -0.3 is 10.9 Å². The molecule has 1 heterocycles. The summed E-state index contributed by atoms with van der Waals surface area (Å²) in [4.78, 5) is 14.3. The first-order valence-electron chi connectivity index (χ1n) is 5.96. The second-order valence-electron chi connectivity index (χ2n) is 4.23. The molecule has 0 fully saturated rings. The molecule has 0 spiro atoms. The zero-order valence-corrected chi connectivity index (χ0v) is 11.8. The van der Waals surface area contributed by atoms with Crippen molar-refractivity contribution in [1.29, 1.82) is 5.41 Å². The number of nitrogens with zero attached hydrogens (tertiary/aromatic N) is 3. The fraction of sp³-hybridized carbons (Fsp3) is 0.167. The Morgan fingerprint density at radius 1 is 1.57 bits per heavy atom. The van der Waals surface area contributed by atoms with Gasteiger partial charge in [-0.05, 0) is 18.1 Å². The van der Waals surface area contributed by atoms with Crippen LogP contribution in [0.5, 0.6) is 0 Å². The smallest absolute Gasteiger partial charge is 0.288 e. The normalized spacial score (nSPS) is 10.6. The van der Waals surface area contributed by atoms with Crippen LogP contribution >= 0.6 is 11.6 Å². The largest absolute Gasteiger partial charge is 0.423 e. The van der Waals surface area contributed by atoms with E-state index in [4.69, 9.17) is 22.7 Å². The molecule has 0 saturated heterocycles. The second-order valence-corrected chi connectivity index (χ2v) is 4.64. The molecule has 0 radical (unpaired) electrons. The number of aryl methyl sites for hydroxylation is 1. The second kappa shape index (κ2) is 5.41. The molecule has 0 aliphatic rings. The summed E-state index contributed by atoms with van der Waals surface area (Å²) >= 11 is 5.78. The molecule has 2 aromatic rings. The van der Waals surface area contributed by atoms with Crippen molar-refractivity contribution in [3.8, 4) is 11.1 Å². The third-order valence-corrected chi connectivity index (χ3v) is 3.30. The first-order chi connectivity index (χ1) is 9.86. The van der Waals surface area contributed by atoms with E-state index in [2.05, 4.69) is 4.98 Å².